The van der Waals surface area contributed by atoms with Gasteiger partial charge in [0, 0.05) is 18.1 Å². The van der Waals surface area contributed by atoms with E-state index in [-0.39, 0.29) is 17.2 Å². The lowest BCUT2D eigenvalue weighted by atomic mass is 10.1. The van der Waals surface area contributed by atoms with E-state index in [4.69, 9.17) is 0 Å². The van der Waals surface area contributed by atoms with Crippen LogP contribution >= 0.6 is 11.8 Å². The maximum absolute atomic E-state index is 11.3. The summed E-state index contributed by atoms with van der Waals surface area (Å²) >= 11 is 1.71. The number of aliphatic hydroxyl groups is 1. The highest BCUT2D eigenvalue weighted by Crippen LogP contribution is 2.22. The number of rotatable bonds is 21. The molecule has 0 radical (unpaired) electrons. The summed E-state index contributed by atoms with van der Waals surface area (Å²) in [5.74, 6) is 0.486. The number of carbonyl (C=O) groups is 2. The standard InChI is InChI=1S/C28H46O5S/c1-4-5-6-7-8-9-10-11-12-13-14-16-21-26(25(29)20-19-23-28(31)33-3)34-24-18-15-17-22-27(30)32-2/h8-9,11-14,16,21,25-26,29H,4-7,10,15,17-20,22-24H2,1-3H3/b9-8-,12-11-,14-13+,21-16+/t25-,26+/m0/s1. The molecule has 0 aromatic heterocycles. The van der Waals surface area contributed by atoms with Crippen LogP contribution in [0.5, 0.6) is 0 Å². The normalized spacial score (nSPS) is 13.9. The Hall–Kier alpha value is -1.79. The Bertz CT molecular complexity index is 624. The third-order valence-electron chi connectivity index (χ3n) is 5.23. The Morgan fingerprint density at radius 1 is 0.824 bits per heavy atom. The molecular formula is C28H46O5S. The number of unbranched alkanes of at least 4 members (excludes halogenated alkanes) is 5. The van der Waals surface area contributed by atoms with Gasteiger partial charge in [0.2, 0.25) is 0 Å². The molecule has 6 heteroatoms. The molecule has 0 fully saturated rings. The van der Waals surface area contributed by atoms with E-state index in [1.807, 2.05) is 30.4 Å². The summed E-state index contributed by atoms with van der Waals surface area (Å²) in [6.07, 6.45) is 26.7. The third kappa shape index (κ3) is 20.8. The molecule has 0 saturated heterocycles. The molecule has 0 bridgehead atoms. The lowest BCUT2D eigenvalue weighted by molar-refractivity contribution is -0.141. The van der Waals surface area contributed by atoms with Crippen molar-refractivity contribution in [2.75, 3.05) is 20.0 Å². The Kier molecular flexibility index (Phi) is 23.1. The minimum atomic E-state index is -0.525. The molecular weight excluding hydrogens is 448 g/mol. The Morgan fingerprint density at radius 3 is 2.24 bits per heavy atom. The van der Waals surface area contributed by atoms with E-state index >= 15 is 0 Å². The number of allylic oxidation sites excluding steroid dienone is 7. The number of hydrogen-bond acceptors (Lipinski definition) is 6. The molecule has 0 unspecified atom stereocenters. The molecule has 0 aliphatic rings. The first-order valence-corrected chi connectivity index (χ1v) is 13.7. The molecule has 0 aromatic carbocycles. The molecule has 0 aliphatic heterocycles. The van der Waals surface area contributed by atoms with Gasteiger partial charge in [-0.3, -0.25) is 9.59 Å². The van der Waals surface area contributed by atoms with Crippen LogP contribution in [0, 0.1) is 0 Å². The highest BCUT2D eigenvalue weighted by Gasteiger charge is 2.17. The van der Waals surface area contributed by atoms with Crippen molar-refractivity contribution < 1.29 is 24.2 Å². The number of ether oxygens (including phenoxy) is 2. The van der Waals surface area contributed by atoms with Gasteiger partial charge in [-0.25, -0.2) is 0 Å². The van der Waals surface area contributed by atoms with Crippen LogP contribution in [-0.4, -0.2) is 48.4 Å². The van der Waals surface area contributed by atoms with Crippen LogP contribution in [0.2, 0.25) is 0 Å². The van der Waals surface area contributed by atoms with Gasteiger partial charge in [0.1, 0.15) is 0 Å². The van der Waals surface area contributed by atoms with Gasteiger partial charge in [-0.1, -0.05) is 74.8 Å². The first kappa shape index (κ1) is 32.2. The van der Waals surface area contributed by atoms with Crippen LogP contribution in [0.1, 0.15) is 84.0 Å². The zero-order valence-corrected chi connectivity index (χ0v) is 22.3. The number of methoxy groups -OCH3 is 2. The summed E-state index contributed by atoms with van der Waals surface area (Å²) in [5, 5.41) is 10.6. The van der Waals surface area contributed by atoms with Gasteiger partial charge in [0.25, 0.3) is 0 Å². The molecule has 0 aromatic rings. The van der Waals surface area contributed by atoms with Gasteiger partial charge in [-0.05, 0) is 50.7 Å². The first-order valence-electron chi connectivity index (χ1n) is 12.6. The van der Waals surface area contributed by atoms with E-state index in [2.05, 4.69) is 34.6 Å². The lowest BCUT2D eigenvalue weighted by Crippen LogP contribution is -2.22. The largest absolute Gasteiger partial charge is 0.469 e. The zero-order valence-electron chi connectivity index (χ0n) is 21.5. The number of carbonyl (C=O) groups excluding carboxylic acids is 2. The smallest absolute Gasteiger partial charge is 0.305 e. The van der Waals surface area contributed by atoms with Gasteiger partial charge in [0.05, 0.1) is 20.3 Å². The summed E-state index contributed by atoms with van der Waals surface area (Å²) in [5.41, 5.74) is 0. The zero-order chi connectivity index (χ0) is 25.3. The van der Waals surface area contributed by atoms with Crippen molar-refractivity contribution in [3.8, 4) is 0 Å². The second-order valence-electron chi connectivity index (χ2n) is 8.16. The molecule has 194 valence electrons. The van der Waals surface area contributed by atoms with Gasteiger partial charge in [-0.15, -0.1) is 0 Å². The van der Waals surface area contributed by atoms with Crippen molar-refractivity contribution in [2.45, 2.75) is 95.3 Å². The second-order valence-corrected chi connectivity index (χ2v) is 9.44. The van der Waals surface area contributed by atoms with Crippen molar-refractivity contribution in [2.24, 2.45) is 0 Å². The lowest BCUT2D eigenvalue weighted by Gasteiger charge is -2.19. The number of aliphatic hydroxyl groups excluding tert-OH is 1. The van der Waals surface area contributed by atoms with E-state index in [1.54, 1.807) is 11.8 Å². The van der Waals surface area contributed by atoms with Gasteiger partial charge < -0.3 is 14.6 Å². The van der Waals surface area contributed by atoms with E-state index in [9.17, 15) is 14.7 Å². The molecule has 2 atom stereocenters. The fourth-order valence-electron chi connectivity index (χ4n) is 3.15. The van der Waals surface area contributed by atoms with Crippen molar-refractivity contribution >= 4 is 23.7 Å². The summed E-state index contributed by atoms with van der Waals surface area (Å²) in [7, 11) is 2.79. The maximum Gasteiger partial charge on any atom is 0.305 e. The SMILES string of the molecule is CCCCC/C=C\C\C=C/C=C/C=C/[C@@H](SCCCCCC(=O)OC)[C@@H](O)CCCC(=O)OC. The van der Waals surface area contributed by atoms with Gasteiger partial charge in [-0.2, -0.15) is 11.8 Å². The fraction of sp³-hybridized carbons (Fsp3) is 0.643. The number of esters is 2. The third-order valence-corrected chi connectivity index (χ3v) is 6.61. The van der Waals surface area contributed by atoms with Crippen molar-refractivity contribution in [1.29, 1.82) is 0 Å². The van der Waals surface area contributed by atoms with Crippen molar-refractivity contribution in [1.82, 2.24) is 0 Å². The minimum Gasteiger partial charge on any atom is -0.469 e. The Morgan fingerprint density at radius 2 is 1.53 bits per heavy atom. The summed E-state index contributed by atoms with van der Waals surface area (Å²) in [6.45, 7) is 2.22. The minimum absolute atomic E-state index is 0.0436. The van der Waals surface area contributed by atoms with Crippen LogP contribution in [-0.2, 0) is 19.1 Å². The van der Waals surface area contributed by atoms with Crippen LogP contribution in [0.3, 0.4) is 0 Å². The average molecular weight is 495 g/mol. The van der Waals surface area contributed by atoms with Gasteiger partial charge >= 0.3 is 11.9 Å². The molecule has 0 heterocycles. The van der Waals surface area contributed by atoms with Gasteiger partial charge in [0.15, 0.2) is 0 Å². The number of thioether (sulfide) groups is 1. The van der Waals surface area contributed by atoms with Crippen LogP contribution in [0.4, 0.5) is 0 Å². The van der Waals surface area contributed by atoms with E-state index in [0.29, 0.717) is 25.7 Å². The van der Waals surface area contributed by atoms with Crippen molar-refractivity contribution in [3.05, 3.63) is 48.6 Å². The van der Waals surface area contributed by atoms with E-state index < -0.39 is 6.10 Å². The van der Waals surface area contributed by atoms with E-state index in [1.165, 1.54) is 33.5 Å². The highest BCUT2D eigenvalue weighted by atomic mass is 32.2. The topological polar surface area (TPSA) is 72.8 Å². The predicted octanol–water partition coefficient (Wildman–Crippen LogP) is 6.72. The van der Waals surface area contributed by atoms with Crippen LogP contribution in [0.15, 0.2) is 48.6 Å². The predicted molar refractivity (Wildman–Crippen MR) is 144 cm³/mol. The molecule has 0 amide bonds. The monoisotopic (exact) mass is 494 g/mol. The number of hydrogen-bond donors (Lipinski definition) is 1. The first-order chi connectivity index (χ1) is 16.5. The molecule has 34 heavy (non-hydrogen) atoms. The molecule has 0 spiro atoms. The van der Waals surface area contributed by atoms with Crippen LogP contribution < -0.4 is 0 Å². The fourth-order valence-corrected chi connectivity index (χ4v) is 4.35. The van der Waals surface area contributed by atoms with Crippen molar-refractivity contribution in [3.63, 3.8) is 0 Å². The van der Waals surface area contributed by atoms with Crippen LogP contribution in [0.25, 0.3) is 0 Å². The Labute approximate surface area is 211 Å². The molecule has 0 saturated carbocycles. The highest BCUT2D eigenvalue weighted by molar-refractivity contribution is 8.00. The molecule has 1 N–H and O–H groups in total. The summed E-state index contributed by atoms with van der Waals surface area (Å²) < 4.78 is 9.34. The second kappa shape index (κ2) is 24.3. The Balaban J connectivity index is 4.47. The maximum atomic E-state index is 11.3. The molecule has 0 rings (SSSR count). The molecule has 5 nitrogen and oxygen atoms in total. The molecule has 0 aliphatic carbocycles. The van der Waals surface area contributed by atoms with E-state index in [0.717, 1.165) is 37.9 Å². The quantitative estimate of drug-likeness (QED) is 0.0826. The summed E-state index contributed by atoms with van der Waals surface area (Å²) in [6, 6.07) is 0. The summed E-state index contributed by atoms with van der Waals surface area (Å²) in [4.78, 5) is 22.5. The average Bonchev–Trinajstić information content (AvgIpc) is 2.84.